The number of H-pyrrole nitrogens is 1. The molecule has 1 aromatic carbocycles. The van der Waals surface area contributed by atoms with Gasteiger partial charge in [0, 0.05) is 66.6 Å². The summed E-state index contributed by atoms with van der Waals surface area (Å²) < 4.78 is 34.5. The van der Waals surface area contributed by atoms with Gasteiger partial charge in [-0.2, -0.15) is 4.31 Å². The number of carbonyl (C=O) groups excluding carboxylic acids is 1. The summed E-state index contributed by atoms with van der Waals surface area (Å²) in [5, 5.41) is 3.52. The molecule has 1 amide bonds. The second-order valence-electron chi connectivity index (χ2n) is 10.7. The van der Waals surface area contributed by atoms with E-state index in [2.05, 4.69) is 41.8 Å². The first-order valence-electron chi connectivity index (χ1n) is 14.1. The first-order valence-corrected chi connectivity index (χ1v) is 16.5. The zero-order chi connectivity index (χ0) is 29.6. The van der Waals surface area contributed by atoms with Crippen molar-refractivity contribution in [1.29, 1.82) is 0 Å². The Kier molecular flexibility index (Phi) is 7.85. The second kappa shape index (κ2) is 11.4. The van der Waals surface area contributed by atoms with Crippen LogP contribution in [0.15, 0.2) is 41.0 Å². The molecule has 0 bridgehead atoms. The number of morpholine rings is 1. The number of halogens is 1. The highest BCUT2D eigenvalue weighted by molar-refractivity contribution is 9.10. The molecular formula is C29H34BrN7O4S. The number of hydrogen-bond acceptors (Lipinski definition) is 7. The molecule has 42 heavy (non-hydrogen) atoms. The second-order valence-corrected chi connectivity index (χ2v) is 13.8. The van der Waals surface area contributed by atoms with Crippen LogP contribution in [0.3, 0.4) is 0 Å². The van der Waals surface area contributed by atoms with Crippen molar-refractivity contribution in [2.45, 2.75) is 33.2 Å². The van der Waals surface area contributed by atoms with Crippen LogP contribution in [0, 0.1) is 13.8 Å². The van der Waals surface area contributed by atoms with Crippen molar-refractivity contribution in [2.24, 2.45) is 0 Å². The van der Waals surface area contributed by atoms with E-state index in [-0.39, 0.29) is 17.7 Å². The fourth-order valence-electron chi connectivity index (χ4n) is 5.78. The van der Waals surface area contributed by atoms with Crippen LogP contribution in [0.2, 0.25) is 0 Å². The number of anilines is 1. The molecule has 5 heterocycles. The molecule has 0 saturated carbocycles. The molecule has 3 aromatic heterocycles. The molecule has 0 aliphatic carbocycles. The molecule has 4 aromatic rings. The van der Waals surface area contributed by atoms with Gasteiger partial charge in [-0.3, -0.25) is 4.79 Å². The van der Waals surface area contributed by atoms with Crippen molar-refractivity contribution in [3.8, 4) is 17.1 Å². The zero-order valence-electron chi connectivity index (χ0n) is 23.9. The topological polar surface area (TPSA) is 125 Å². The molecule has 2 N–H and O–H groups in total. The summed E-state index contributed by atoms with van der Waals surface area (Å²) in [7, 11) is -3.23. The zero-order valence-corrected chi connectivity index (χ0v) is 26.3. The van der Waals surface area contributed by atoms with Gasteiger partial charge in [0.2, 0.25) is 10.0 Å². The van der Waals surface area contributed by atoms with Crippen LogP contribution < -0.4 is 5.32 Å². The van der Waals surface area contributed by atoms with E-state index in [1.165, 1.54) is 0 Å². The summed E-state index contributed by atoms with van der Waals surface area (Å²) in [4.78, 5) is 27.6. The first-order chi connectivity index (χ1) is 20.2. The molecule has 222 valence electrons. The number of ether oxygens (including phenoxy) is 1. The van der Waals surface area contributed by atoms with E-state index >= 15 is 0 Å². The number of nitrogens with one attached hydrogen (secondary N) is 2. The van der Waals surface area contributed by atoms with Gasteiger partial charge in [-0.25, -0.2) is 18.4 Å². The largest absolute Gasteiger partial charge is 0.378 e. The lowest BCUT2D eigenvalue weighted by molar-refractivity contribution is 0.0303. The minimum Gasteiger partial charge on any atom is -0.378 e. The van der Waals surface area contributed by atoms with Crippen LogP contribution in [0.5, 0.6) is 0 Å². The van der Waals surface area contributed by atoms with Gasteiger partial charge >= 0.3 is 0 Å². The maximum atomic E-state index is 12.9. The van der Waals surface area contributed by atoms with Crippen LogP contribution in [-0.4, -0.2) is 94.2 Å². The predicted molar refractivity (Wildman–Crippen MR) is 166 cm³/mol. The van der Waals surface area contributed by atoms with Crippen LogP contribution in [0.25, 0.3) is 28.2 Å². The predicted octanol–water partition coefficient (Wildman–Crippen LogP) is 4.10. The molecule has 0 spiro atoms. The van der Waals surface area contributed by atoms with Crippen molar-refractivity contribution >= 4 is 48.7 Å². The van der Waals surface area contributed by atoms with Crippen LogP contribution in [0.1, 0.15) is 35.1 Å². The monoisotopic (exact) mass is 655 g/mol. The Morgan fingerprint density at radius 1 is 1.17 bits per heavy atom. The maximum Gasteiger partial charge on any atom is 0.254 e. The highest BCUT2D eigenvalue weighted by Gasteiger charge is 2.31. The van der Waals surface area contributed by atoms with Gasteiger partial charge in [0.05, 0.1) is 29.1 Å². The van der Waals surface area contributed by atoms with E-state index in [1.54, 1.807) is 17.4 Å². The molecule has 2 aliphatic heterocycles. The smallest absolute Gasteiger partial charge is 0.254 e. The number of fused-ring (bicyclic) bond motifs is 1. The van der Waals surface area contributed by atoms with Gasteiger partial charge in [0.1, 0.15) is 11.3 Å². The minimum absolute atomic E-state index is 0.0224. The average molecular weight is 657 g/mol. The van der Waals surface area contributed by atoms with E-state index < -0.39 is 10.0 Å². The van der Waals surface area contributed by atoms with Crippen molar-refractivity contribution in [1.82, 2.24) is 28.7 Å². The van der Waals surface area contributed by atoms with E-state index in [0.717, 1.165) is 32.8 Å². The highest BCUT2D eigenvalue weighted by Crippen LogP contribution is 2.34. The van der Waals surface area contributed by atoms with E-state index in [0.29, 0.717) is 68.4 Å². The van der Waals surface area contributed by atoms with Gasteiger partial charge in [-0.1, -0.05) is 0 Å². The Bertz CT molecular complexity index is 1740. The molecule has 11 nitrogen and oxygen atoms in total. The Labute approximate surface area is 253 Å². The number of aromatic amines is 1. The van der Waals surface area contributed by atoms with E-state index in [9.17, 15) is 13.2 Å². The number of nitrogens with zero attached hydrogens (tertiary/aromatic N) is 5. The number of aromatic nitrogens is 4. The molecule has 2 saturated heterocycles. The number of carbonyl (C=O) groups is 1. The molecule has 2 fully saturated rings. The van der Waals surface area contributed by atoms with Gasteiger partial charge in [-0.05, 0) is 73.5 Å². The molecule has 2 aliphatic rings. The van der Waals surface area contributed by atoms with Gasteiger partial charge in [0.25, 0.3) is 5.91 Å². The third kappa shape index (κ3) is 5.34. The van der Waals surface area contributed by atoms with Gasteiger partial charge < -0.3 is 24.5 Å². The summed E-state index contributed by atoms with van der Waals surface area (Å²) >= 11 is 3.61. The lowest BCUT2D eigenvalue weighted by atomic mass is 10.1. The average Bonchev–Trinajstić information content (AvgIpc) is 3.72. The number of hydrogen-bond donors (Lipinski definition) is 2. The summed E-state index contributed by atoms with van der Waals surface area (Å²) in [5.41, 5.74) is 6.72. The molecule has 13 heteroatoms. The number of imidazole rings is 1. The Hall–Kier alpha value is -3.26. The first kappa shape index (κ1) is 28.8. The lowest BCUT2D eigenvalue weighted by Crippen LogP contribution is -2.40. The number of amides is 1. The normalized spacial score (nSPS) is 18.2. The number of pyridine rings is 1. The molecule has 0 unspecified atom stereocenters. The Balaban J connectivity index is 1.27. The SMILES string of the molecule is CCS(=O)(=O)N1CC[C@H](Nc2c(Br)cnc3[nH]c(-c4cc(C)n(-c5ccc(C(=O)N6CCOCC6)cc5)c4C)nc23)C1. The van der Waals surface area contributed by atoms with Crippen molar-refractivity contribution in [2.75, 3.05) is 50.5 Å². The molecule has 1 atom stereocenters. The van der Waals surface area contributed by atoms with Gasteiger partial charge in [0.15, 0.2) is 5.65 Å². The van der Waals surface area contributed by atoms with Crippen LogP contribution in [0.4, 0.5) is 5.69 Å². The van der Waals surface area contributed by atoms with E-state index in [1.807, 2.05) is 43.0 Å². The van der Waals surface area contributed by atoms with Crippen LogP contribution >= 0.6 is 15.9 Å². The van der Waals surface area contributed by atoms with Gasteiger partial charge in [-0.15, -0.1) is 0 Å². The number of sulfonamides is 1. The quantitative estimate of drug-likeness (QED) is 0.307. The fraction of sp³-hybridized carbons (Fsp3) is 0.414. The molecule has 0 radical (unpaired) electrons. The van der Waals surface area contributed by atoms with Crippen molar-refractivity contribution in [3.05, 3.63) is 58.0 Å². The van der Waals surface area contributed by atoms with Crippen LogP contribution in [-0.2, 0) is 14.8 Å². The maximum absolute atomic E-state index is 12.9. The third-order valence-electron chi connectivity index (χ3n) is 8.08. The molecular weight excluding hydrogens is 622 g/mol. The number of rotatable bonds is 7. The van der Waals surface area contributed by atoms with Crippen molar-refractivity contribution < 1.29 is 17.9 Å². The summed E-state index contributed by atoms with van der Waals surface area (Å²) in [6.07, 6.45) is 2.44. The van der Waals surface area contributed by atoms with E-state index in [4.69, 9.17) is 9.72 Å². The summed E-state index contributed by atoms with van der Waals surface area (Å²) in [5.74, 6) is 0.814. The Morgan fingerprint density at radius 2 is 1.90 bits per heavy atom. The third-order valence-corrected chi connectivity index (χ3v) is 10.5. The molecule has 6 rings (SSSR count). The minimum atomic E-state index is -3.23. The summed E-state index contributed by atoms with van der Waals surface area (Å²) in [6.45, 7) is 9.05. The fourth-order valence-corrected chi connectivity index (χ4v) is 7.34. The van der Waals surface area contributed by atoms with Crippen molar-refractivity contribution in [3.63, 3.8) is 0 Å². The Morgan fingerprint density at radius 3 is 2.62 bits per heavy atom. The summed E-state index contributed by atoms with van der Waals surface area (Å²) in [6, 6.07) is 9.76. The lowest BCUT2D eigenvalue weighted by Gasteiger charge is -2.27. The number of benzene rings is 1. The highest BCUT2D eigenvalue weighted by atomic mass is 79.9. The standard InChI is InChI=1S/C29H34BrN7O4S/c1-4-42(39,40)36-10-9-21(17-36)32-25-24(30)16-31-28-26(25)33-27(34-28)23-15-18(2)37(19(23)3)22-7-5-20(6-8-22)29(38)35-11-13-41-14-12-35/h5-8,15-16,21H,4,9-14,17H2,1-3H3,(H2,31,32,33,34)/t21-/m0/s1. The number of aryl methyl sites for hydroxylation is 1.